The highest BCUT2D eigenvalue weighted by molar-refractivity contribution is 7.71. The molecule has 1 aliphatic rings. The Morgan fingerprint density at radius 3 is 2.95 bits per heavy atom. The minimum atomic E-state index is 0.541. The van der Waals surface area contributed by atoms with Crippen molar-refractivity contribution in [3.63, 3.8) is 0 Å². The van der Waals surface area contributed by atoms with Crippen molar-refractivity contribution >= 4 is 17.9 Å². The summed E-state index contributed by atoms with van der Waals surface area (Å²) in [6, 6.07) is 4.14. The van der Waals surface area contributed by atoms with Gasteiger partial charge in [-0.15, -0.1) is 0 Å². The molecular formula is C14H19N3OS. The molecule has 0 saturated carbocycles. The van der Waals surface area contributed by atoms with E-state index in [1.165, 1.54) is 5.69 Å². The summed E-state index contributed by atoms with van der Waals surface area (Å²) in [6.07, 6.45) is 4.22. The lowest BCUT2D eigenvalue weighted by Crippen LogP contribution is -2.14. The van der Waals surface area contributed by atoms with E-state index in [2.05, 4.69) is 23.1 Å². The predicted octanol–water partition coefficient (Wildman–Crippen LogP) is 3.24. The summed E-state index contributed by atoms with van der Waals surface area (Å²) in [4.78, 5) is 4.68. The van der Waals surface area contributed by atoms with Crippen LogP contribution >= 0.6 is 12.2 Å². The molecule has 3 rings (SSSR count). The quantitative estimate of drug-likeness (QED) is 0.876. The number of hydrogen-bond donors (Lipinski definition) is 1. The summed E-state index contributed by atoms with van der Waals surface area (Å²) in [5, 5.41) is 3.40. The molecule has 0 unspecified atom stereocenters. The number of nitrogens with one attached hydrogen (secondary N) is 1. The molecule has 1 fully saturated rings. The van der Waals surface area contributed by atoms with Crippen LogP contribution in [-0.2, 0) is 11.2 Å². The first-order chi connectivity index (χ1) is 9.28. The molecule has 2 aromatic heterocycles. The molecule has 0 aromatic carbocycles. The van der Waals surface area contributed by atoms with Gasteiger partial charge in [0, 0.05) is 36.6 Å². The van der Waals surface area contributed by atoms with Crippen molar-refractivity contribution in [2.75, 3.05) is 13.2 Å². The fraction of sp³-hybridized carbons (Fsp3) is 0.571. The second kappa shape index (κ2) is 5.43. The standard InChI is InChI=1S/C14H19N3OS/c1-2-3-11-8-14(19)17-13(15-11)9-12(16-17)10-4-6-18-7-5-10/h8-10,16H,2-7H2,1H3. The van der Waals surface area contributed by atoms with Gasteiger partial charge in [0.1, 0.15) is 4.64 Å². The van der Waals surface area contributed by atoms with E-state index >= 15 is 0 Å². The van der Waals surface area contributed by atoms with E-state index in [0.717, 1.165) is 54.9 Å². The zero-order chi connectivity index (χ0) is 13.2. The van der Waals surface area contributed by atoms with Crippen molar-refractivity contribution in [1.29, 1.82) is 0 Å². The minimum absolute atomic E-state index is 0.541. The van der Waals surface area contributed by atoms with Gasteiger partial charge in [0.25, 0.3) is 0 Å². The number of aromatic nitrogens is 3. The number of aromatic amines is 1. The van der Waals surface area contributed by atoms with Crippen molar-refractivity contribution in [2.24, 2.45) is 0 Å². The molecule has 19 heavy (non-hydrogen) atoms. The fourth-order valence-corrected chi connectivity index (χ4v) is 2.94. The van der Waals surface area contributed by atoms with Gasteiger partial charge in [0.05, 0.1) is 0 Å². The average molecular weight is 277 g/mol. The second-order valence-corrected chi connectivity index (χ2v) is 5.55. The van der Waals surface area contributed by atoms with E-state index in [-0.39, 0.29) is 0 Å². The van der Waals surface area contributed by atoms with Crippen LogP contribution in [0.3, 0.4) is 0 Å². The second-order valence-electron chi connectivity index (χ2n) is 5.13. The highest BCUT2D eigenvalue weighted by Gasteiger charge is 2.18. The Bertz CT molecular complexity index is 625. The maximum atomic E-state index is 5.44. The lowest BCUT2D eigenvalue weighted by molar-refractivity contribution is 0.0844. The third-order valence-corrected chi connectivity index (χ3v) is 3.99. The van der Waals surface area contributed by atoms with Crippen LogP contribution in [0.2, 0.25) is 0 Å². The van der Waals surface area contributed by atoms with E-state index in [1.807, 2.05) is 10.6 Å². The molecule has 0 atom stereocenters. The number of H-pyrrole nitrogens is 1. The Kier molecular flexibility index (Phi) is 3.66. The molecule has 102 valence electrons. The molecule has 0 spiro atoms. The normalized spacial score (nSPS) is 17.1. The molecule has 1 saturated heterocycles. The molecule has 2 aromatic rings. The smallest absolute Gasteiger partial charge is 0.154 e. The third kappa shape index (κ3) is 2.58. The van der Waals surface area contributed by atoms with Crippen molar-refractivity contribution in [3.05, 3.63) is 28.2 Å². The van der Waals surface area contributed by atoms with Crippen LogP contribution in [-0.4, -0.2) is 27.8 Å². The van der Waals surface area contributed by atoms with E-state index in [0.29, 0.717) is 5.92 Å². The Morgan fingerprint density at radius 2 is 2.21 bits per heavy atom. The number of nitrogens with zero attached hydrogens (tertiary/aromatic N) is 2. The van der Waals surface area contributed by atoms with E-state index in [1.54, 1.807) is 0 Å². The highest BCUT2D eigenvalue weighted by Crippen LogP contribution is 2.26. The van der Waals surface area contributed by atoms with Crippen molar-refractivity contribution in [1.82, 2.24) is 14.6 Å². The molecule has 1 N–H and O–H groups in total. The van der Waals surface area contributed by atoms with Crippen molar-refractivity contribution < 1.29 is 4.74 Å². The van der Waals surface area contributed by atoms with Gasteiger partial charge in [-0.2, -0.15) is 0 Å². The summed E-state index contributed by atoms with van der Waals surface area (Å²) in [5.41, 5.74) is 3.26. The molecule has 3 heterocycles. The zero-order valence-electron chi connectivity index (χ0n) is 11.2. The summed E-state index contributed by atoms with van der Waals surface area (Å²) < 4.78 is 8.14. The molecule has 0 radical (unpaired) electrons. The topological polar surface area (TPSA) is 42.3 Å². The first-order valence-corrected chi connectivity index (χ1v) is 7.38. The molecule has 1 aliphatic heterocycles. The molecule has 4 nitrogen and oxygen atoms in total. The number of fused-ring (bicyclic) bond motifs is 1. The van der Waals surface area contributed by atoms with Crippen LogP contribution in [0.5, 0.6) is 0 Å². The van der Waals surface area contributed by atoms with E-state index in [9.17, 15) is 0 Å². The molecular weight excluding hydrogens is 258 g/mol. The first kappa shape index (κ1) is 12.8. The summed E-state index contributed by atoms with van der Waals surface area (Å²) >= 11 is 5.44. The van der Waals surface area contributed by atoms with Crippen molar-refractivity contribution in [3.8, 4) is 0 Å². The first-order valence-electron chi connectivity index (χ1n) is 6.97. The Labute approximate surface area is 117 Å². The summed E-state index contributed by atoms with van der Waals surface area (Å²) in [7, 11) is 0. The lowest BCUT2D eigenvalue weighted by Gasteiger charge is -2.20. The summed E-state index contributed by atoms with van der Waals surface area (Å²) in [5.74, 6) is 0.541. The monoisotopic (exact) mass is 277 g/mol. The zero-order valence-corrected chi connectivity index (χ0v) is 12.0. The van der Waals surface area contributed by atoms with Crippen LogP contribution < -0.4 is 0 Å². The average Bonchev–Trinajstić information content (AvgIpc) is 2.85. The van der Waals surface area contributed by atoms with Gasteiger partial charge in [-0.05, 0) is 25.3 Å². The predicted molar refractivity (Wildman–Crippen MR) is 77.2 cm³/mol. The minimum Gasteiger partial charge on any atom is -0.381 e. The van der Waals surface area contributed by atoms with Gasteiger partial charge < -0.3 is 4.74 Å². The van der Waals surface area contributed by atoms with Crippen LogP contribution in [0.1, 0.15) is 43.5 Å². The fourth-order valence-electron chi connectivity index (χ4n) is 2.66. The van der Waals surface area contributed by atoms with Gasteiger partial charge in [-0.1, -0.05) is 25.6 Å². The Hall–Kier alpha value is -1.20. The maximum absolute atomic E-state index is 5.44. The van der Waals surface area contributed by atoms with Gasteiger partial charge in [0.15, 0.2) is 5.65 Å². The van der Waals surface area contributed by atoms with Crippen molar-refractivity contribution in [2.45, 2.75) is 38.5 Å². The van der Waals surface area contributed by atoms with Gasteiger partial charge in [-0.3, -0.25) is 5.10 Å². The Morgan fingerprint density at radius 1 is 1.42 bits per heavy atom. The van der Waals surface area contributed by atoms with Gasteiger partial charge >= 0.3 is 0 Å². The summed E-state index contributed by atoms with van der Waals surface area (Å²) in [6.45, 7) is 3.85. The van der Waals surface area contributed by atoms with Crippen LogP contribution in [0.4, 0.5) is 0 Å². The number of rotatable bonds is 3. The number of aryl methyl sites for hydroxylation is 1. The van der Waals surface area contributed by atoms with E-state index in [4.69, 9.17) is 17.0 Å². The molecule has 0 aliphatic carbocycles. The van der Waals surface area contributed by atoms with Gasteiger partial charge in [0.2, 0.25) is 0 Å². The number of hydrogen-bond acceptors (Lipinski definition) is 3. The largest absolute Gasteiger partial charge is 0.381 e. The van der Waals surface area contributed by atoms with Crippen LogP contribution in [0.15, 0.2) is 12.1 Å². The lowest BCUT2D eigenvalue weighted by atomic mass is 9.97. The Balaban J connectivity index is 1.99. The number of ether oxygens (including phenoxy) is 1. The third-order valence-electron chi connectivity index (χ3n) is 3.69. The molecule has 5 heteroatoms. The van der Waals surface area contributed by atoms with Crippen LogP contribution in [0, 0.1) is 4.64 Å². The van der Waals surface area contributed by atoms with Gasteiger partial charge in [-0.25, -0.2) is 9.50 Å². The molecule has 0 bridgehead atoms. The highest BCUT2D eigenvalue weighted by atomic mass is 32.1. The maximum Gasteiger partial charge on any atom is 0.154 e. The van der Waals surface area contributed by atoms with Crippen LogP contribution in [0.25, 0.3) is 5.65 Å². The SMILES string of the molecule is CCCc1cc(=S)n2[nH]c(C3CCOCC3)cc2n1. The molecule has 0 amide bonds. The van der Waals surface area contributed by atoms with E-state index < -0.39 is 0 Å².